The van der Waals surface area contributed by atoms with Gasteiger partial charge in [0.25, 0.3) is 0 Å². The zero-order valence-electron chi connectivity index (χ0n) is 14.0. The summed E-state index contributed by atoms with van der Waals surface area (Å²) in [7, 11) is 0. The van der Waals surface area contributed by atoms with E-state index in [0.717, 1.165) is 26.7 Å². The van der Waals surface area contributed by atoms with Crippen LogP contribution in [-0.2, 0) is 0 Å². The van der Waals surface area contributed by atoms with E-state index >= 15 is 0 Å². The molecule has 0 atom stereocenters. The van der Waals surface area contributed by atoms with E-state index in [1.807, 2.05) is 24.3 Å². The van der Waals surface area contributed by atoms with E-state index in [0.29, 0.717) is 11.6 Å². The van der Waals surface area contributed by atoms with E-state index in [2.05, 4.69) is 47.6 Å². The summed E-state index contributed by atoms with van der Waals surface area (Å²) in [5.74, 6) is 1.63. The van der Waals surface area contributed by atoms with Crippen molar-refractivity contribution in [2.24, 2.45) is 0 Å². The van der Waals surface area contributed by atoms with Crippen LogP contribution in [0.15, 0.2) is 46.8 Å². The maximum atomic E-state index is 5.85. The number of hydrogen-bond acceptors (Lipinski definition) is 6. The molecule has 7 heteroatoms. The summed E-state index contributed by atoms with van der Waals surface area (Å²) in [4.78, 5) is 0. The van der Waals surface area contributed by atoms with E-state index in [4.69, 9.17) is 16.3 Å². The van der Waals surface area contributed by atoms with Crippen molar-refractivity contribution in [2.45, 2.75) is 18.2 Å². The van der Waals surface area contributed by atoms with Crippen molar-refractivity contribution in [3.63, 3.8) is 0 Å². The Morgan fingerprint density at radius 3 is 2.64 bits per heavy atom. The number of anilines is 2. The quantitative estimate of drug-likeness (QED) is 0.412. The maximum absolute atomic E-state index is 5.85. The van der Waals surface area contributed by atoms with Crippen LogP contribution in [-0.4, -0.2) is 22.6 Å². The van der Waals surface area contributed by atoms with Crippen LogP contribution in [0.4, 0.5) is 10.8 Å². The highest BCUT2D eigenvalue weighted by Gasteiger charge is 2.06. The van der Waals surface area contributed by atoms with E-state index < -0.39 is 0 Å². The van der Waals surface area contributed by atoms with E-state index in [1.165, 1.54) is 11.1 Å². The highest BCUT2D eigenvalue weighted by Crippen LogP contribution is 2.28. The molecule has 0 saturated heterocycles. The molecule has 0 spiro atoms. The first-order chi connectivity index (χ1) is 12.1. The number of aryl methyl sites for hydroxylation is 2. The molecule has 0 fully saturated rings. The molecule has 1 heterocycles. The highest BCUT2D eigenvalue weighted by atomic mass is 35.5. The molecule has 0 aliphatic carbocycles. The molecule has 0 aliphatic rings. The normalized spacial score (nSPS) is 10.7. The summed E-state index contributed by atoms with van der Waals surface area (Å²) < 4.78 is 6.59. The zero-order valence-corrected chi connectivity index (χ0v) is 16.3. The highest BCUT2D eigenvalue weighted by molar-refractivity contribution is 8.01. The van der Waals surface area contributed by atoms with Gasteiger partial charge in [0.2, 0.25) is 5.13 Å². The van der Waals surface area contributed by atoms with E-state index in [1.54, 1.807) is 23.1 Å². The fourth-order valence-electron chi connectivity index (χ4n) is 2.08. The number of aromatic nitrogens is 2. The molecule has 3 aromatic rings. The predicted molar refractivity (Wildman–Crippen MR) is 107 cm³/mol. The molecule has 1 N–H and O–H groups in total. The van der Waals surface area contributed by atoms with Crippen molar-refractivity contribution in [2.75, 3.05) is 17.7 Å². The van der Waals surface area contributed by atoms with Crippen LogP contribution in [0.1, 0.15) is 11.1 Å². The lowest BCUT2D eigenvalue weighted by Gasteiger charge is -2.05. The standard InChI is InChI=1S/C18H18ClN3OS2/c1-12-3-6-15(11-13(12)2)20-17-21-22-18(25-17)24-10-9-23-16-7-4-14(19)5-8-16/h3-8,11H,9-10H2,1-2H3,(H,20,21). The minimum Gasteiger partial charge on any atom is -0.493 e. The first-order valence-electron chi connectivity index (χ1n) is 7.79. The molecular formula is C18H18ClN3OS2. The average molecular weight is 392 g/mol. The molecule has 2 aromatic carbocycles. The monoisotopic (exact) mass is 391 g/mol. The van der Waals surface area contributed by atoms with Crippen molar-refractivity contribution < 1.29 is 4.74 Å². The van der Waals surface area contributed by atoms with Gasteiger partial charge in [0, 0.05) is 16.5 Å². The van der Waals surface area contributed by atoms with Gasteiger partial charge in [0.15, 0.2) is 4.34 Å². The van der Waals surface area contributed by atoms with Crippen molar-refractivity contribution in [1.82, 2.24) is 10.2 Å². The lowest BCUT2D eigenvalue weighted by molar-refractivity contribution is 0.344. The van der Waals surface area contributed by atoms with Crippen LogP contribution in [0.25, 0.3) is 0 Å². The van der Waals surface area contributed by atoms with Gasteiger partial charge in [0.1, 0.15) is 5.75 Å². The Morgan fingerprint density at radius 1 is 1.08 bits per heavy atom. The molecular weight excluding hydrogens is 374 g/mol. The van der Waals surface area contributed by atoms with Crippen LogP contribution >= 0.6 is 34.7 Å². The summed E-state index contributed by atoms with van der Waals surface area (Å²) in [5, 5.41) is 13.2. The third-order valence-corrected chi connectivity index (χ3v) is 5.74. The summed E-state index contributed by atoms with van der Waals surface area (Å²) in [6, 6.07) is 13.6. The number of rotatable bonds is 7. The van der Waals surface area contributed by atoms with Crippen LogP contribution in [0.2, 0.25) is 5.02 Å². The second kappa shape index (κ2) is 8.56. The zero-order chi connectivity index (χ0) is 17.6. The minimum absolute atomic E-state index is 0.603. The molecule has 0 aliphatic heterocycles. The van der Waals surface area contributed by atoms with Crippen molar-refractivity contribution >= 4 is 45.5 Å². The first kappa shape index (κ1) is 18.0. The summed E-state index contributed by atoms with van der Waals surface area (Å²) >= 11 is 9.03. The molecule has 4 nitrogen and oxygen atoms in total. The second-order valence-electron chi connectivity index (χ2n) is 5.45. The Morgan fingerprint density at radius 2 is 1.88 bits per heavy atom. The van der Waals surface area contributed by atoms with Gasteiger partial charge in [0.05, 0.1) is 6.61 Å². The van der Waals surface area contributed by atoms with Crippen molar-refractivity contribution in [1.29, 1.82) is 0 Å². The van der Waals surface area contributed by atoms with Gasteiger partial charge in [-0.3, -0.25) is 0 Å². The van der Waals surface area contributed by atoms with E-state index in [9.17, 15) is 0 Å². The summed E-state index contributed by atoms with van der Waals surface area (Å²) in [6.45, 7) is 4.80. The molecule has 3 rings (SSSR count). The number of nitrogens with zero attached hydrogens (tertiary/aromatic N) is 2. The molecule has 130 valence electrons. The molecule has 0 saturated carbocycles. The third kappa shape index (κ3) is 5.36. The maximum Gasteiger partial charge on any atom is 0.210 e. The van der Waals surface area contributed by atoms with Crippen molar-refractivity contribution in [3.05, 3.63) is 58.6 Å². The Labute approximate surface area is 160 Å². The molecule has 0 unspecified atom stereocenters. The lowest BCUT2D eigenvalue weighted by Crippen LogP contribution is -1.99. The van der Waals surface area contributed by atoms with Crippen molar-refractivity contribution in [3.8, 4) is 5.75 Å². The van der Waals surface area contributed by atoms with Crippen LogP contribution in [0.5, 0.6) is 5.75 Å². The van der Waals surface area contributed by atoms with E-state index in [-0.39, 0.29) is 0 Å². The summed E-state index contributed by atoms with van der Waals surface area (Å²) in [5.41, 5.74) is 3.56. The number of nitrogens with one attached hydrogen (secondary N) is 1. The fraction of sp³-hybridized carbons (Fsp3) is 0.222. The van der Waals surface area contributed by atoms with Crippen LogP contribution < -0.4 is 10.1 Å². The number of ether oxygens (including phenoxy) is 1. The second-order valence-corrected chi connectivity index (χ2v) is 8.20. The SMILES string of the molecule is Cc1ccc(Nc2nnc(SCCOc3ccc(Cl)cc3)s2)cc1C. The Hall–Kier alpha value is -1.76. The van der Waals surface area contributed by atoms with Crippen LogP contribution in [0, 0.1) is 13.8 Å². The molecule has 1 aromatic heterocycles. The molecule has 0 radical (unpaired) electrons. The van der Waals surface area contributed by atoms with Gasteiger partial charge in [-0.2, -0.15) is 0 Å². The van der Waals surface area contributed by atoms with Gasteiger partial charge < -0.3 is 10.1 Å². The lowest BCUT2D eigenvalue weighted by atomic mass is 10.1. The van der Waals surface area contributed by atoms with Gasteiger partial charge in [-0.15, -0.1) is 10.2 Å². The number of hydrogen-bond donors (Lipinski definition) is 1. The minimum atomic E-state index is 0.603. The Kier molecular flexibility index (Phi) is 6.18. The smallest absolute Gasteiger partial charge is 0.210 e. The largest absolute Gasteiger partial charge is 0.493 e. The van der Waals surface area contributed by atoms with Gasteiger partial charge in [-0.05, 0) is 61.4 Å². The Bertz CT molecular complexity index is 837. The topological polar surface area (TPSA) is 47.0 Å². The average Bonchev–Trinajstić information content (AvgIpc) is 3.04. The Balaban J connectivity index is 1.46. The van der Waals surface area contributed by atoms with Gasteiger partial charge in [-0.1, -0.05) is 40.8 Å². The fourth-order valence-corrected chi connectivity index (χ4v) is 3.87. The molecule has 0 amide bonds. The predicted octanol–water partition coefficient (Wildman–Crippen LogP) is 5.72. The third-order valence-electron chi connectivity index (χ3n) is 3.56. The number of benzene rings is 2. The number of thioether (sulfide) groups is 1. The van der Waals surface area contributed by atoms with Gasteiger partial charge >= 0.3 is 0 Å². The van der Waals surface area contributed by atoms with Gasteiger partial charge in [-0.25, -0.2) is 0 Å². The molecule has 0 bridgehead atoms. The number of halogens is 1. The first-order valence-corrected chi connectivity index (χ1v) is 9.97. The van der Waals surface area contributed by atoms with Crippen LogP contribution in [0.3, 0.4) is 0 Å². The summed E-state index contributed by atoms with van der Waals surface area (Å²) in [6.07, 6.45) is 0. The molecule has 25 heavy (non-hydrogen) atoms.